The second-order valence-corrected chi connectivity index (χ2v) is 8.04. The van der Waals surface area contributed by atoms with Gasteiger partial charge in [-0.05, 0) is 35.4 Å². The van der Waals surface area contributed by atoms with Crippen LogP contribution in [0.25, 0.3) is 0 Å². The number of phenols is 1. The molecule has 0 saturated heterocycles. The van der Waals surface area contributed by atoms with Gasteiger partial charge in [0, 0.05) is 0 Å². The number of halogens is 3. The van der Waals surface area contributed by atoms with E-state index in [4.69, 9.17) is 39.4 Å². The number of hydrogen-bond donors (Lipinski definition) is 2. The summed E-state index contributed by atoms with van der Waals surface area (Å²) in [6.45, 7) is 0. The Kier molecular flexibility index (Phi) is 5.33. The van der Waals surface area contributed by atoms with E-state index >= 15 is 0 Å². The van der Waals surface area contributed by atoms with Gasteiger partial charge in [-0.1, -0.05) is 59.1 Å². The third-order valence-electron chi connectivity index (χ3n) is 2.97. The Morgan fingerprint density at radius 2 is 1.35 bits per heavy atom. The van der Waals surface area contributed by atoms with Crippen molar-refractivity contribution >= 4 is 45.2 Å². The first-order valence-electron chi connectivity index (χ1n) is 6.19. The minimum absolute atomic E-state index is 0.0775. The van der Waals surface area contributed by atoms with Gasteiger partial charge in [0.2, 0.25) is 3.79 Å². The van der Waals surface area contributed by atoms with Gasteiger partial charge < -0.3 is 9.29 Å². The number of phenolic OH excluding ortho intramolecular Hbond substituents is 1. The summed E-state index contributed by atoms with van der Waals surface area (Å²) in [5.41, 5.74) is 1.23. The fourth-order valence-electron chi connectivity index (χ4n) is 2.07. The highest BCUT2D eigenvalue weighted by molar-refractivity contribution is 7.81. The third kappa shape index (κ3) is 5.16. The van der Waals surface area contributed by atoms with Crippen molar-refractivity contribution in [1.29, 1.82) is 0 Å². The van der Waals surface area contributed by atoms with Crippen LogP contribution in [0.1, 0.15) is 17.0 Å². The fraction of sp³-hybridized carbons (Fsp3) is 0.143. The molecule has 0 bridgehead atoms. The summed E-state index contributed by atoms with van der Waals surface area (Å²) < 4.78 is 32.7. The average Bonchev–Trinajstić information content (AvgIpc) is 2.40. The van der Waals surface area contributed by atoms with Crippen LogP contribution in [0.15, 0.2) is 48.5 Å². The number of rotatable bonds is 4. The normalized spacial score (nSPS) is 13.6. The fourth-order valence-corrected chi connectivity index (χ4v) is 3.18. The molecule has 0 saturated carbocycles. The van der Waals surface area contributed by atoms with E-state index < -0.39 is 20.1 Å². The van der Waals surface area contributed by atoms with Crippen molar-refractivity contribution in [2.75, 3.05) is 0 Å². The Bertz CT molecular complexity index is 768. The molecule has 2 aromatic rings. The van der Waals surface area contributed by atoms with Crippen LogP contribution in [0, 0.1) is 0 Å². The standard InChI is InChI=1S/C14H11Cl3O5S/c15-14(16,17)13(9-1-5-11(18)6-2-9)10-3-7-12(8-4-10)22-23(19,20)21/h1-8,13,18H,(H,19,20,21). The summed E-state index contributed by atoms with van der Waals surface area (Å²) in [6, 6.07) is 11.8. The topological polar surface area (TPSA) is 83.8 Å². The number of benzene rings is 2. The van der Waals surface area contributed by atoms with Crippen LogP contribution in [-0.4, -0.2) is 21.9 Å². The van der Waals surface area contributed by atoms with Gasteiger partial charge >= 0.3 is 10.4 Å². The highest BCUT2D eigenvalue weighted by Crippen LogP contribution is 2.46. The molecular formula is C14H11Cl3O5S. The van der Waals surface area contributed by atoms with Crippen LogP contribution in [0.3, 0.4) is 0 Å². The summed E-state index contributed by atoms with van der Waals surface area (Å²) in [4.78, 5) is 0. The molecule has 0 aliphatic heterocycles. The van der Waals surface area contributed by atoms with E-state index in [1.165, 1.54) is 36.4 Å². The Labute approximate surface area is 148 Å². The number of hydrogen-bond acceptors (Lipinski definition) is 4. The lowest BCUT2D eigenvalue weighted by Crippen LogP contribution is -2.18. The smallest absolute Gasteiger partial charge is 0.446 e. The monoisotopic (exact) mass is 396 g/mol. The van der Waals surface area contributed by atoms with E-state index in [1.807, 2.05) is 0 Å². The Balaban J connectivity index is 2.39. The minimum atomic E-state index is -4.60. The lowest BCUT2D eigenvalue weighted by atomic mass is 9.92. The van der Waals surface area contributed by atoms with E-state index in [-0.39, 0.29) is 11.5 Å². The van der Waals surface area contributed by atoms with Crippen molar-refractivity contribution < 1.29 is 22.3 Å². The maximum Gasteiger partial charge on any atom is 0.446 e. The highest BCUT2D eigenvalue weighted by atomic mass is 35.6. The molecule has 0 fully saturated rings. The van der Waals surface area contributed by atoms with E-state index in [0.29, 0.717) is 11.1 Å². The van der Waals surface area contributed by atoms with Crippen molar-refractivity contribution in [3.63, 3.8) is 0 Å². The van der Waals surface area contributed by atoms with Gasteiger partial charge in [-0.15, -0.1) is 0 Å². The summed E-state index contributed by atoms with van der Waals surface area (Å²) in [7, 11) is -4.60. The second-order valence-electron chi connectivity index (χ2n) is 4.65. The minimum Gasteiger partial charge on any atom is -0.508 e. The maximum absolute atomic E-state index is 10.7. The molecule has 2 rings (SSSR count). The largest absolute Gasteiger partial charge is 0.508 e. The number of alkyl halides is 3. The van der Waals surface area contributed by atoms with Gasteiger partial charge in [-0.3, -0.25) is 4.55 Å². The molecule has 0 spiro atoms. The predicted octanol–water partition coefficient (Wildman–Crippen LogP) is 4.08. The van der Waals surface area contributed by atoms with Crippen LogP contribution in [0.2, 0.25) is 0 Å². The molecule has 0 aliphatic carbocycles. The first-order chi connectivity index (χ1) is 10.6. The van der Waals surface area contributed by atoms with Gasteiger partial charge in [0.1, 0.15) is 11.5 Å². The van der Waals surface area contributed by atoms with Gasteiger partial charge in [-0.25, -0.2) is 0 Å². The second kappa shape index (κ2) is 6.75. The quantitative estimate of drug-likeness (QED) is 0.600. The highest BCUT2D eigenvalue weighted by Gasteiger charge is 2.35. The Morgan fingerprint density at radius 1 is 0.913 bits per heavy atom. The first kappa shape index (κ1) is 18.2. The zero-order chi connectivity index (χ0) is 17.3. The SMILES string of the molecule is O=S(=O)(O)Oc1ccc(C(c2ccc(O)cc2)C(Cl)(Cl)Cl)cc1. The summed E-state index contributed by atoms with van der Waals surface area (Å²) in [6.07, 6.45) is 0. The van der Waals surface area contributed by atoms with Crippen LogP contribution in [0.5, 0.6) is 11.5 Å². The van der Waals surface area contributed by atoms with Crippen molar-refractivity contribution in [1.82, 2.24) is 0 Å². The molecule has 2 aromatic carbocycles. The molecule has 0 amide bonds. The lowest BCUT2D eigenvalue weighted by Gasteiger charge is -2.25. The van der Waals surface area contributed by atoms with Crippen molar-refractivity contribution in [2.45, 2.75) is 9.71 Å². The van der Waals surface area contributed by atoms with E-state index in [9.17, 15) is 13.5 Å². The summed E-state index contributed by atoms with van der Waals surface area (Å²) in [5.74, 6) is -0.661. The molecule has 23 heavy (non-hydrogen) atoms. The van der Waals surface area contributed by atoms with E-state index in [1.54, 1.807) is 12.1 Å². The van der Waals surface area contributed by atoms with E-state index in [0.717, 1.165) is 0 Å². The molecule has 0 aromatic heterocycles. The molecule has 0 heterocycles. The van der Waals surface area contributed by atoms with Crippen LogP contribution >= 0.6 is 34.8 Å². The van der Waals surface area contributed by atoms with Gasteiger partial charge in [0.15, 0.2) is 0 Å². The van der Waals surface area contributed by atoms with Crippen molar-refractivity contribution in [3.8, 4) is 11.5 Å². The summed E-state index contributed by atoms with van der Waals surface area (Å²) >= 11 is 18.2. The van der Waals surface area contributed by atoms with Crippen LogP contribution in [0.4, 0.5) is 0 Å². The molecule has 2 N–H and O–H groups in total. The summed E-state index contributed by atoms with van der Waals surface area (Å²) in [5, 5.41) is 9.36. The first-order valence-corrected chi connectivity index (χ1v) is 8.69. The molecule has 1 unspecified atom stereocenters. The van der Waals surface area contributed by atoms with Crippen molar-refractivity contribution in [2.24, 2.45) is 0 Å². The van der Waals surface area contributed by atoms with E-state index in [2.05, 4.69) is 4.18 Å². The molecular weight excluding hydrogens is 387 g/mol. The van der Waals surface area contributed by atoms with Gasteiger partial charge in [0.25, 0.3) is 0 Å². The maximum atomic E-state index is 10.7. The predicted molar refractivity (Wildman–Crippen MR) is 88.9 cm³/mol. The van der Waals surface area contributed by atoms with Crippen LogP contribution < -0.4 is 4.18 Å². The van der Waals surface area contributed by atoms with Crippen molar-refractivity contribution in [3.05, 3.63) is 59.7 Å². The molecule has 0 aliphatic rings. The molecule has 9 heteroatoms. The molecule has 1 atom stereocenters. The zero-order valence-electron chi connectivity index (χ0n) is 11.4. The van der Waals surface area contributed by atoms with Gasteiger partial charge in [0.05, 0.1) is 5.92 Å². The third-order valence-corrected chi connectivity index (χ3v) is 4.03. The Hall–Kier alpha value is -1.18. The average molecular weight is 398 g/mol. The van der Waals surface area contributed by atoms with Crippen LogP contribution in [-0.2, 0) is 10.4 Å². The molecule has 124 valence electrons. The lowest BCUT2D eigenvalue weighted by molar-refractivity contribution is 0.386. The Morgan fingerprint density at radius 3 is 1.74 bits per heavy atom. The molecule has 0 radical (unpaired) electrons. The number of aromatic hydroxyl groups is 1. The molecule has 5 nitrogen and oxygen atoms in total. The van der Waals surface area contributed by atoms with Gasteiger partial charge in [-0.2, -0.15) is 8.42 Å². The zero-order valence-corrected chi connectivity index (χ0v) is 14.4.